The molecule has 5 heteroatoms. The largest absolute Gasteiger partial charge is 0.424 e. The third-order valence-electron chi connectivity index (χ3n) is 1.47. The fraction of sp³-hybridized carbons (Fsp3) is 0.250. The van der Waals surface area contributed by atoms with Crippen LogP contribution in [0.4, 0.5) is 0 Å². The molecule has 0 aromatic heterocycles. The Morgan fingerprint density at radius 1 is 1.31 bits per heavy atom. The SMILES string of the molecule is COP(O)(=S)Oc1ccc(C)cc1. The maximum Gasteiger partial charge on any atom is 0.377 e. The molecule has 3 nitrogen and oxygen atoms in total. The van der Waals surface area contributed by atoms with Crippen molar-refractivity contribution in [1.29, 1.82) is 0 Å². The van der Waals surface area contributed by atoms with Crippen molar-refractivity contribution in [2.24, 2.45) is 0 Å². The van der Waals surface area contributed by atoms with Gasteiger partial charge in [-0.3, -0.25) is 0 Å². The summed E-state index contributed by atoms with van der Waals surface area (Å²) < 4.78 is 9.70. The van der Waals surface area contributed by atoms with Gasteiger partial charge in [-0.1, -0.05) is 17.7 Å². The quantitative estimate of drug-likeness (QED) is 0.789. The van der Waals surface area contributed by atoms with Crippen molar-refractivity contribution in [1.82, 2.24) is 0 Å². The van der Waals surface area contributed by atoms with Crippen molar-refractivity contribution < 1.29 is 13.9 Å². The van der Waals surface area contributed by atoms with E-state index in [1.165, 1.54) is 7.11 Å². The summed E-state index contributed by atoms with van der Waals surface area (Å²) in [6.45, 7) is -1.11. The maximum atomic E-state index is 9.33. The molecule has 72 valence electrons. The minimum absolute atomic E-state index is 0.526. The fourth-order valence-electron chi connectivity index (χ4n) is 0.770. The predicted octanol–water partition coefficient (Wildman–Crippen LogP) is 2.24. The molecule has 0 saturated heterocycles. The molecule has 0 aliphatic rings. The molecule has 1 rings (SSSR count). The van der Waals surface area contributed by atoms with Gasteiger partial charge in [-0.05, 0) is 19.1 Å². The van der Waals surface area contributed by atoms with Crippen LogP contribution in [0.15, 0.2) is 24.3 Å². The first-order valence-corrected chi connectivity index (χ1v) is 6.27. The Kier molecular flexibility index (Phi) is 3.45. The highest BCUT2D eigenvalue weighted by Gasteiger charge is 2.13. The number of hydrogen-bond acceptors (Lipinski definition) is 3. The molecule has 13 heavy (non-hydrogen) atoms. The van der Waals surface area contributed by atoms with Crippen LogP contribution in [0.2, 0.25) is 0 Å². The van der Waals surface area contributed by atoms with E-state index in [4.69, 9.17) is 4.52 Å². The van der Waals surface area contributed by atoms with Gasteiger partial charge < -0.3 is 13.9 Å². The van der Waals surface area contributed by atoms with Gasteiger partial charge in [0.05, 0.1) is 0 Å². The summed E-state index contributed by atoms with van der Waals surface area (Å²) in [5.41, 5.74) is 1.12. The van der Waals surface area contributed by atoms with Gasteiger partial charge in [-0.15, -0.1) is 0 Å². The van der Waals surface area contributed by atoms with Crippen molar-refractivity contribution in [3.8, 4) is 5.75 Å². The first-order valence-electron chi connectivity index (χ1n) is 3.68. The highest BCUT2D eigenvalue weighted by Crippen LogP contribution is 2.42. The monoisotopic (exact) mass is 218 g/mol. The smallest absolute Gasteiger partial charge is 0.377 e. The van der Waals surface area contributed by atoms with Gasteiger partial charge in [0.15, 0.2) is 0 Å². The Morgan fingerprint density at radius 3 is 2.31 bits per heavy atom. The fourth-order valence-corrected chi connectivity index (χ4v) is 1.49. The lowest BCUT2D eigenvalue weighted by molar-refractivity contribution is 0.313. The van der Waals surface area contributed by atoms with E-state index in [0.29, 0.717) is 5.75 Å². The number of hydrogen-bond donors (Lipinski definition) is 1. The highest BCUT2D eigenvalue weighted by atomic mass is 32.5. The van der Waals surface area contributed by atoms with Crippen LogP contribution in [0.1, 0.15) is 5.56 Å². The van der Waals surface area contributed by atoms with E-state index in [1.54, 1.807) is 12.1 Å². The molecule has 0 amide bonds. The van der Waals surface area contributed by atoms with E-state index in [0.717, 1.165) is 5.56 Å². The molecule has 1 N–H and O–H groups in total. The standard InChI is InChI=1S/C8H11O3PS/c1-7-3-5-8(6-4-7)11-12(9,13)10-2/h3-6H,1-2H3,(H,9,13). The minimum atomic E-state index is -3.08. The highest BCUT2D eigenvalue weighted by molar-refractivity contribution is 8.07. The number of aryl methyl sites for hydroxylation is 1. The molecule has 1 aromatic carbocycles. The van der Waals surface area contributed by atoms with Gasteiger partial charge in [-0.25, -0.2) is 0 Å². The second-order valence-corrected chi connectivity index (χ2v) is 5.42. The maximum absolute atomic E-state index is 9.33. The van der Waals surface area contributed by atoms with Crippen LogP contribution in [0, 0.1) is 6.92 Å². The molecule has 0 aliphatic carbocycles. The van der Waals surface area contributed by atoms with E-state index in [9.17, 15) is 4.89 Å². The Hall–Kier alpha value is -0.410. The van der Waals surface area contributed by atoms with Gasteiger partial charge in [-0.2, -0.15) is 0 Å². The summed E-state index contributed by atoms with van der Waals surface area (Å²) in [6, 6.07) is 7.23. The van der Waals surface area contributed by atoms with Crippen molar-refractivity contribution in [3.05, 3.63) is 29.8 Å². The molecule has 0 fully saturated rings. The second-order valence-electron chi connectivity index (χ2n) is 2.56. The number of benzene rings is 1. The third kappa shape index (κ3) is 3.44. The molecule has 1 atom stereocenters. The van der Waals surface area contributed by atoms with Crippen LogP contribution in [-0.4, -0.2) is 12.0 Å². The summed E-state index contributed by atoms with van der Waals surface area (Å²) in [5.74, 6) is 0.526. The summed E-state index contributed by atoms with van der Waals surface area (Å²) in [6.07, 6.45) is 0. The zero-order chi connectivity index (χ0) is 9.90. The van der Waals surface area contributed by atoms with E-state index in [-0.39, 0.29) is 0 Å². The average Bonchev–Trinajstić information content (AvgIpc) is 2.09. The van der Waals surface area contributed by atoms with Crippen molar-refractivity contribution in [2.75, 3.05) is 7.11 Å². The normalized spacial score (nSPS) is 15.0. The Labute approximate surface area is 82.6 Å². The van der Waals surface area contributed by atoms with Crippen LogP contribution in [0.5, 0.6) is 5.75 Å². The minimum Gasteiger partial charge on any atom is -0.424 e. The van der Waals surface area contributed by atoms with Crippen LogP contribution < -0.4 is 4.52 Å². The molecule has 1 aromatic rings. The first-order chi connectivity index (χ1) is 6.03. The van der Waals surface area contributed by atoms with Crippen LogP contribution in [0.25, 0.3) is 0 Å². The van der Waals surface area contributed by atoms with Crippen molar-refractivity contribution >= 4 is 18.5 Å². The van der Waals surface area contributed by atoms with Crippen molar-refractivity contribution in [3.63, 3.8) is 0 Å². The molecular weight excluding hydrogens is 207 g/mol. The average molecular weight is 218 g/mol. The summed E-state index contributed by atoms with van der Waals surface area (Å²) in [7, 11) is 1.33. The molecule has 1 unspecified atom stereocenters. The molecule has 0 heterocycles. The van der Waals surface area contributed by atoms with E-state index in [2.05, 4.69) is 16.3 Å². The van der Waals surface area contributed by atoms with Gasteiger partial charge in [0, 0.05) is 18.9 Å². The van der Waals surface area contributed by atoms with Crippen LogP contribution in [-0.2, 0) is 16.3 Å². The summed E-state index contributed by atoms with van der Waals surface area (Å²) in [5, 5.41) is 0. The molecule has 0 saturated carbocycles. The molecular formula is C8H11O3PS. The molecule has 0 spiro atoms. The Morgan fingerprint density at radius 2 is 1.85 bits per heavy atom. The van der Waals surface area contributed by atoms with Gasteiger partial charge in [0.2, 0.25) is 0 Å². The zero-order valence-corrected chi connectivity index (χ0v) is 9.14. The van der Waals surface area contributed by atoms with Gasteiger partial charge >= 0.3 is 6.72 Å². The lowest BCUT2D eigenvalue weighted by Gasteiger charge is -2.13. The Balaban J connectivity index is 2.75. The summed E-state index contributed by atoms with van der Waals surface area (Å²) in [4.78, 5) is 9.33. The Bertz CT molecular complexity index is 323. The van der Waals surface area contributed by atoms with Crippen LogP contribution >= 0.6 is 6.72 Å². The summed E-state index contributed by atoms with van der Waals surface area (Å²) >= 11 is 4.68. The first kappa shape index (κ1) is 10.7. The van der Waals surface area contributed by atoms with Gasteiger partial charge in [0.1, 0.15) is 5.75 Å². The second kappa shape index (κ2) is 4.20. The van der Waals surface area contributed by atoms with E-state index in [1.807, 2.05) is 19.1 Å². The molecule has 0 aliphatic heterocycles. The van der Waals surface area contributed by atoms with E-state index < -0.39 is 6.72 Å². The lowest BCUT2D eigenvalue weighted by atomic mass is 10.2. The van der Waals surface area contributed by atoms with Crippen molar-refractivity contribution in [2.45, 2.75) is 6.92 Å². The lowest BCUT2D eigenvalue weighted by Crippen LogP contribution is -1.92. The van der Waals surface area contributed by atoms with Gasteiger partial charge in [0.25, 0.3) is 0 Å². The van der Waals surface area contributed by atoms with Crippen LogP contribution in [0.3, 0.4) is 0 Å². The topological polar surface area (TPSA) is 38.7 Å². The van der Waals surface area contributed by atoms with E-state index >= 15 is 0 Å². The third-order valence-corrected chi connectivity index (χ3v) is 3.05. The zero-order valence-electron chi connectivity index (χ0n) is 7.43. The molecule has 0 bridgehead atoms. The number of rotatable bonds is 3. The predicted molar refractivity (Wildman–Crippen MR) is 55.3 cm³/mol. The molecule has 0 radical (unpaired) electrons.